The first-order valence-corrected chi connectivity index (χ1v) is 3.87. The van der Waals surface area contributed by atoms with Crippen LogP contribution >= 0.6 is 0 Å². The molecule has 0 amide bonds. The van der Waals surface area contributed by atoms with Gasteiger partial charge in [-0.15, -0.1) is 0 Å². The molecule has 5 heteroatoms. The van der Waals surface area contributed by atoms with Gasteiger partial charge in [-0.2, -0.15) is 0 Å². The summed E-state index contributed by atoms with van der Waals surface area (Å²) in [7, 11) is 0. The highest BCUT2D eigenvalue weighted by molar-refractivity contribution is 5.68. The van der Waals surface area contributed by atoms with Crippen molar-refractivity contribution >= 4 is 5.97 Å². The Bertz CT molecular complexity index is 146. The van der Waals surface area contributed by atoms with Crippen molar-refractivity contribution in [1.82, 2.24) is 5.32 Å². The summed E-state index contributed by atoms with van der Waals surface area (Å²) in [5.74, 6) is -2.33. The smallest absolute Gasteiger partial charge is 0.306 e. The molecule has 5 nitrogen and oxygen atoms in total. The molecule has 0 radical (unpaired) electrons. The van der Waals surface area contributed by atoms with E-state index in [4.69, 9.17) is 10.2 Å². The summed E-state index contributed by atoms with van der Waals surface area (Å²) in [6.45, 7) is 3.06. The lowest BCUT2D eigenvalue weighted by Gasteiger charge is -2.20. The van der Waals surface area contributed by atoms with E-state index in [2.05, 4.69) is 10.1 Å². The van der Waals surface area contributed by atoms with Gasteiger partial charge < -0.3 is 14.9 Å². The van der Waals surface area contributed by atoms with E-state index in [0.29, 0.717) is 0 Å². The van der Waals surface area contributed by atoms with Gasteiger partial charge in [0.2, 0.25) is 5.91 Å². The minimum absolute atomic E-state index is 0.122. The number of hydrogen-bond acceptors (Lipinski definition) is 5. The van der Waals surface area contributed by atoms with E-state index in [0.717, 1.165) is 0 Å². The molecule has 0 atom stereocenters. The molecule has 0 bridgehead atoms. The maximum Gasteiger partial charge on any atom is 0.306 e. The van der Waals surface area contributed by atoms with Crippen LogP contribution in [0.25, 0.3) is 0 Å². The van der Waals surface area contributed by atoms with Crippen molar-refractivity contribution in [3.63, 3.8) is 0 Å². The van der Waals surface area contributed by atoms with E-state index in [9.17, 15) is 4.79 Å². The number of aliphatic hydroxyl groups is 2. The Morgan fingerprint density at radius 3 is 2.50 bits per heavy atom. The maximum atomic E-state index is 10.6. The van der Waals surface area contributed by atoms with Gasteiger partial charge in [0.25, 0.3) is 0 Å². The van der Waals surface area contributed by atoms with Crippen molar-refractivity contribution in [2.75, 3.05) is 6.73 Å². The second-order valence-corrected chi connectivity index (χ2v) is 2.36. The number of ether oxygens (including phenoxy) is 1. The lowest BCUT2D eigenvalue weighted by atomic mass is 10.4. The molecular formula is C7H15NO4. The third kappa shape index (κ3) is 5.06. The Hall–Kier alpha value is -0.650. The minimum atomic E-state index is -1.95. The van der Waals surface area contributed by atoms with Crippen molar-refractivity contribution in [3.05, 3.63) is 0 Å². The third-order valence-electron chi connectivity index (χ3n) is 1.37. The predicted octanol–water partition coefficient (Wildman–Crippen LogP) is -0.465. The first-order chi connectivity index (χ1) is 5.52. The molecule has 0 aliphatic rings. The average Bonchev–Trinajstić information content (AvgIpc) is 2.04. The fraction of sp³-hybridized carbons (Fsp3) is 0.857. The van der Waals surface area contributed by atoms with E-state index < -0.39 is 5.91 Å². The summed E-state index contributed by atoms with van der Waals surface area (Å²) in [6, 6.07) is 0. The summed E-state index contributed by atoms with van der Waals surface area (Å²) < 4.78 is 4.56. The molecule has 0 saturated heterocycles. The molecule has 0 aromatic carbocycles. The summed E-state index contributed by atoms with van der Waals surface area (Å²) in [5, 5.41) is 20.2. The Kier molecular flexibility index (Phi) is 4.80. The van der Waals surface area contributed by atoms with Crippen LogP contribution in [0.1, 0.15) is 26.7 Å². The van der Waals surface area contributed by atoms with Gasteiger partial charge in [-0.05, 0) is 0 Å². The first kappa shape index (κ1) is 11.4. The average molecular weight is 177 g/mol. The minimum Gasteiger partial charge on any atom is -0.450 e. The predicted molar refractivity (Wildman–Crippen MR) is 41.8 cm³/mol. The van der Waals surface area contributed by atoms with E-state index in [1.807, 2.05) is 0 Å². The molecule has 0 spiro atoms. The number of rotatable bonds is 5. The second-order valence-electron chi connectivity index (χ2n) is 2.36. The highest BCUT2D eigenvalue weighted by atomic mass is 16.6. The molecule has 0 aromatic heterocycles. The van der Waals surface area contributed by atoms with Crippen LogP contribution in [-0.4, -0.2) is 28.8 Å². The largest absolute Gasteiger partial charge is 0.450 e. The van der Waals surface area contributed by atoms with Crippen LogP contribution in [0, 0.1) is 0 Å². The van der Waals surface area contributed by atoms with Gasteiger partial charge in [0.05, 0.1) is 0 Å². The molecule has 0 saturated carbocycles. The molecule has 0 unspecified atom stereocenters. The topological polar surface area (TPSA) is 78.8 Å². The van der Waals surface area contributed by atoms with Crippen LogP contribution in [-0.2, 0) is 9.53 Å². The molecule has 0 rings (SSSR count). The van der Waals surface area contributed by atoms with Gasteiger partial charge >= 0.3 is 5.97 Å². The number of hydrogen-bond donors (Lipinski definition) is 3. The fourth-order valence-corrected chi connectivity index (χ4v) is 0.459. The van der Waals surface area contributed by atoms with Crippen LogP contribution in [0.3, 0.4) is 0 Å². The molecular weight excluding hydrogens is 162 g/mol. The van der Waals surface area contributed by atoms with Gasteiger partial charge in [-0.1, -0.05) is 13.8 Å². The number of nitrogens with one attached hydrogen (secondary N) is 1. The highest BCUT2D eigenvalue weighted by Gasteiger charge is 2.18. The number of carbonyl (C=O) groups is 1. The van der Waals surface area contributed by atoms with Crippen molar-refractivity contribution < 1.29 is 19.7 Å². The monoisotopic (exact) mass is 177 g/mol. The van der Waals surface area contributed by atoms with Crippen LogP contribution in [0.5, 0.6) is 0 Å². The van der Waals surface area contributed by atoms with E-state index >= 15 is 0 Å². The van der Waals surface area contributed by atoms with Crippen LogP contribution in [0.2, 0.25) is 0 Å². The first-order valence-electron chi connectivity index (χ1n) is 3.87. The lowest BCUT2D eigenvalue weighted by molar-refractivity contribution is -0.199. The van der Waals surface area contributed by atoms with Crippen LogP contribution in [0.15, 0.2) is 0 Å². The Morgan fingerprint density at radius 1 is 1.50 bits per heavy atom. The molecule has 0 aliphatic carbocycles. The van der Waals surface area contributed by atoms with Crippen molar-refractivity contribution in [1.29, 1.82) is 0 Å². The molecule has 3 N–H and O–H groups in total. The standard InChI is InChI=1S/C7H15NO4/c1-3-6(9)12-5-8-7(10,11)4-2/h8,10-11H,3-5H2,1-2H3. The van der Waals surface area contributed by atoms with Gasteiger partial charge in [0.15, 0.2) is 0 Å². The van der Waals surface area contributed by atoms with E-state index in [-0.39, 0.29) is 25.5 Å². The SMILES string of the molecule is CCC(=O)OCNC(O)(O)CC. The van der Waals surface area contributed by atoms with Gasteiger partial charge in [-0.25, -0.2) is 5.32 Å². The number of carbonyl (C=O) groups excluding carboxylic acids is 1. The summed E-state index contributed by atoms with van der Waals surface area (Å²) >= 11 is 0. The summed E-state index contributed by atoms with van der Waals surface area (Å²) in [5.41, 5.74) is 0. The molecule has 0 aliphatic heterocycles. The van der Waals surface area contributed by atoms with Crippen LogP contribution in [0.4, 0.5) is 0 Å². The van der Waals surface area contributed by atoms with Crippen molar-refractivity contribution in [3.8, 4) is 0 Å². The zero-order valence-electron chi connectivity index (χ0n) is 7.33. The molecule has 0 aromatic rings. The van der Waals surface area contributed by atoms with Crippen molar-refractivity contribution in [2.24, 2.45) is 0 Å². The molecule has 12 heavy (non-hydrogen) atoms. The van der Waals surface area contributed by atoms with Gasteiger partial charge in [-0.3, -0.25) is 4.79 Å². The second kappa shape index (κ2) is 5.08. The fourth-order valence-electron chi connectivity index (χ4n) is 0.459. The third-order valence-corrected chi connectivity index (χ3v) is 1.37. The quantitative estimate of drug-likeness (QED) is 0.391. The molecule has 0 heterocycles. The van der Waals surface area contributed by atoms with Crippen LogP contribution < -0.4 is 5.32 Å². The van der Waals surface area contributed by atoms with Crippen molar-refractivity contribution in [2.45, 2.75) is 32.6 Å². The lowest BCUT2D eigenvalue weighted by Crippen LogP contribution is -2.45. The Labute approximate surface area is 71.3 Å². The van der Waals surface area contributed by atoms with E-state index in [1.165, 1.54) is 0 Å². The highest BCUT2D eigenvalue weighted by Crippen LogP contribution is 1.98. The molecule has 72 valence electrons. The van der Waals surface area contributed by atoms with E-state index in [1.54, 1.807) is 13.8 Å². The maximum absolute atomic E-state index is 10.6. The normalized spacial score (nSPS) is 11.3. The van der Waals surface area contributed by atoms with Gasteiger partial charge in [0, 0.05) is 12.8 Å². The Morgan fingerprint density at radius 2 is 2.08 bits per heavy atom. The summed E-state index contributed by atoms with van der Waals surface area (Å²) in [6.07, 6.45) is 0.397. The molecule has 0 fully saturated rings. The zero-order chi connectivity index (χ0) is 9.61. The zero-order valence-corrected chi connectivity index (χ0v) is 7.33. The number of esters is 1. The summed E-state index contributed by atoms with van der Waals surface area (Å²) in [4.78, 5) is 10.6. The Balaban J connectivity index is 3.49. The van der Waals surface area contributed by atoms with Gasteiger partial charge in [0.1, 0.15) is 6.73 Å².